The summed E-state index contributed by atoms with van der Waals surface area (Å²) in [4.78, 5) is 8.87. The van der Waals surface area contributed by atoms with Crippen molar-refractivity contribution in [2.75, 3.05) is 0 Å². The number of H-pyrrole nitrogens is 1. The number of allylic oxidation sites excluding steroid dienone is 1. The van der Waals surface area contributed by atoms with Crippen LogP contribution in [0.2, 0.25) is 0 Å². The number of aromatic nitrogens is 5. The monoisotopic (exact) mass is 362 g/mol. The standard InChI is InChI=1S/C18H14N6OS/c1-11-6-15(12(2)24(11)18-20-10-21-23-18)16-9-26-17(22-16)13(8-19)7-14-4-3-5-25-14/h3-7,9-10H,1-2H3,(H,20,21,23)/b13-7+. The van der Waals surface area contributed by atoms with Crippen LogP contribution in [0.5, 0.6) is 0 Å². The Morgan fingerprint density at radius 2 is 2.31 bits per heavy atom. The average Bonchev–Trinajstić information content (AvgIpc) is 3.41. The maximum absolute atomic E-state index is 9.47. The molecule has 0 atom stereocenters. The molecule has 0 unspecified atom stereocenters. The van der Waals surface area contributed by atoms with Crippen molar-refractivity contribution in [3.63, 3.8) is 0 Å². The highest BCUT2D eigenvalue weighted by Crippen LogP contribution is 2.31. The Morgan fingerprint density at radius 3 is 3.00 bits per heavy atom. The molecule has 0 saturated carbocycles. The first-order valence-corrected chi connectivity index (χ1v) is 8.71. The summed E-state index contributed by atoms with van der Waals surface area (Å²) in [6, 6.07) is 7.84. The quantitative estimate of drug-likeness (QED) is 0.554. The number of thiazole rings is 1. The van der Waals surface area contributed by atoms with Gasteiger partial charge in [0.1, 0.15) is 23.2 Å². The van der Waals surface area contributed by atoms with Crippen molar-refractivity contribution in [2.24, 2.45) is 0 Å². The number of nitrogens with one attached hydrogen (secondary N) is 1. The normalized spacial score (nSPS) is 11.7. The first kappa shape index (κ1) is 16.1. The van der Waals surface area contributed by atoms with Gasteiger partial charge in [-0.15, -0.1) is 11.3 Å². The first-order valence-electron chi connectivity index (χ1n) is 7.83. The van der Waals surface area contributed by atoms with E-state index < -0.39 is 0 Å². The molecule has 0 aliphatic carbocycles. The van der Waals surface area contributed by atoms with Gasteiger partial charge in [0, 0.05) is 28.4 Å². The number of furan rings is 1. The van der Waals surface area contributed by atoms with Crippen molar-refractivity contribution in [3.8, 4) is 23.3 Å². The van der Waals surface area contributed by atoms with Crippen molar-refractivity contribution in [2.45, 2.75) is 13.8 Å². The van der Waals surface area contributed by atoms with E-state index in [1.807, 2.05) is 23.8 Å². The molecule has 0 radical (unpaired) electrons. The second-order valence-corrected chi connectivity index (χ2v) is 6.51. The number of hydrogen-bond donors (Lipinski definition) is 1. The number of aromatic amines is 1. The zero-order valence-electron chi connectivity index (χ0n) is 14.1. The highest BCUT2D eigenvalue weighted by Gasteiger charge is 2.17. The van der Waals surface area contributed by atoms with Crippen molar-refractivity contribution < 1.29 is 4.42 Å². The summed E-state index contributed by atoms with van der Waals surface area (Å²) >= 11 is 1.43. The molecule has 0 aromatic carbocycles. The number of nitriles is 1. The largest absolute Gasteiger partial charge is 0.465 e. The lowest BCUT2D eigenvalue weighted by Crippen LogP contribution is -2.01. The predicted molar refractivity (Wildman–Crippen MR) is 98.5 cm³/mol. The third kappa shape index (κ3) is 2.74. The zero-order valence-corrected chi connectivity index (χ0v) is 14.9. The summed E-state index contributed by atoms with van der Waals surface area (Å²) in [5.41, 5.74) is 4.32. The third-order valence-corrected chi connectivity index (χ3v) is 4.88. The molecule has 4 aromatic heterocycles. The second kappa shape index (κ2) is 6.46. The van der Waals surface area contributed by atoms with Crippen LogP contribution in [0.25, 0.3) is 28.9 Å². The van der Waals surface area contributed by atoms with Crippen LogP contribution in [0, 0.1) is 25.2 Å². The van der Waals surface area contributed by atoms with Gasteiger partial charge in [-0.3, -0.25) is 4.57 Å². The van der Waals surface area contributed by atoms with Crippen molar-refractivity contribution in [3.05, 3.63) is 58.3 Å². The fourth-order valence-corrected chi connectivity index (χ4v) is 3.62. The molecule has 128 valence electrons. The summed E-state index contributed by atoms with van der Waals surface area (Å²) in [5, 5.41) is 18.9. The minimum absolute atomic E-state index is 0.472. The van der Waals surface area contributed by atoms with Gasteiger partial charge in [0.15, 0.2) is 0 Å². The van der Waals surface area contributed by atoms with Gasteiger partial charge in [-0.1, -0.05) is 0 Å². The van der Waals surface area contributed by atoms with E-state index in [1.165, 1.54) is 17.7 Å². The van der Waals surface area contributed by atoms with Crippen LogP contribution in [-0.4, -0.2) is 24.7 Å². The maximum Gasteiger partial charge on any atom is 0.229 e. The molecule has 4 rings (SSSR count). The molecule has 1 N–H and O–H groups in total. The van der Waals surface area contributed by atoms with E-state index in [2.05, 4.69) is 32.3 Å². The van der Waals surface area contributed by atoms with E-state index in [0.29, 0.717) is 22.3 Å². The molecular weight excluding hydrogens is 348 g/mol. The number of nitrogens with zero attached hydrogens (tertiary/aromatic N) is 5. The SMILES string of the molecule is Cc1cc(-c2csc(/C(C#N)=C/c3ccco3)n2)c(C)n1-c1ncn[nH]1. The summed E-state index contributed by atoms with van der Waals surface area (Å²) in [5.74, 6) is 1.29. The van der Waals surface area contributed by atoms with Crippen LogP contribution in [0.4, 0.5) is 0 Å². The molecule has 0 saturated heterocycles. The maximum atomic E-state index is 9.47. The van der Waals surface area contributed by atoms with Crippen LogP contribution in [0.1, 0.15) is 22.2 Å². The lowest BCUT2D eigenvalue weighted by atomic mass is 10.2. The molecule has 4 aromatic rings. The van der Waals surface area contributed by atoms with Gasteiger partial charge in [-0.25, -0.2) is 10.1 Å². The number of rotatable bonds is 4. The Bertz CT molecular complexity index is 1110. The van der Waals surface area contributed by atoms with E-state index in [-0.39, 0.29) is 0 Å². The Labute approximate surface area is 153 Å². The highest BCUT2D eigenvalue weighted by atomic mass is 32.1. The third-order valence-electron chi connectivity index (χ3n) is 4.01. The van der Waals surface area contributed by atoms with Crippen molar-refractivity contribution in [1.29, 1.82) is 5.26 Å². The molecule has 0 fully saturated rings. The first-order chi connectivity index (χ1) is 12.7. The molecule has 8 heteroatoms. The Hall–Kier alpha value is -3.44. The average molecular weight is 362 g/mol. The van der Waals surface area contributed by atoms with Crippen molar-refractivity contribution in [1.82, 2.24) is 24.7 Å². The van der Waals surface area contributed by atoms with Crippen LogP contribution in [0.3, 0.4) is 0 Å². The Kier molecular flexibility index (Phi) is 3.99. The molecule has 0 bridgehead atoms. The van der Waals surface area contributed by atoms with Crippen molar-refractivity contribution >= 4 is 23.0 Å². The molecule has 7 nitrogen and oxygen atoms in total. The predicted octanol–water partition coefficient (Wildman–Crippen LogP) is 3.99. The van der Waals surface area contributed by atoms with E-state index in [1.54, 1.807) is 24.5 Å². The fourth-order valence-electron chi connectivity index (χ4n) is 2.83. The van der Waals surface area contributed by atoms with Gasteiger partial charge in [-0.05, 0) is 32.0 Å². The molecule has 26 heavy (non-hydrogen) atoms. The van der Waals surface area contributed by atoms with Gasteiger partial charge < -0.3 is 4.42 Å². The lowest BCUT2D eigenvalue weighted by molar-refractivity contribution is 0.557. The second-order valence-electron chi connectivity index (χ2n) is 5.65. The fraction of sp³-hybridized carbons (Fsp3) is 0.111. The van der Waals surface area contributed by atoms with Crippen LogP contribution in [0.15, 0.2) is 40.6 Å². The summed E-state index contributed by atoms with van der Waals surface area (Å²) in [6.07, 6.45) is 4.75. The van der Waals surface area contributed by atoms with E-state index in [4.69, 9.17) is 4.42 Å². The minimum atomic E-state index is 0.472. The smallest absolute Gasteiger partial charge is 0.229 e. The molecule has 0 spiro atoms. The summed E-state index contributed by atoms with van der Waals surface area (Å²) < 4.78 is 7.28. The van der Waals surface area contributed by atoms with Gasteiger partial charge in [0.25, 0.3) is 0 Å². The zero-order chi connectivity index (χ0) is 18.1. The van der Waals surface area contributed by atoms with Gasteiger partial charge in [0.05, 0.1) is 17.5 Å². The van der Waals surface area contributed by atoms with E-state index >= 15 is 0 Å². The molecule has 0 amide bonds. The lowest BCUT2D eigenvalue weighted by Gasteiger charge is -2.04. The van der Waals surface area contributed by atoms with Crippen LogP contribution < -0.4 is 0 Å². The van der Waals surface area contributed by atoms with E-state index in [0.717, 1.165) is 22.6 Å². The van der Waals surface area contributed by atoms with Gasteiger partial charge in [0.2, 0.25) is 5.95 Å². The molecule has 4 heterocycles. The van der Waals surface area contributed by atoms with Gasteiger partial charge in [-0.2, -0.15) is 15.3 Å². The number of aryl methyl sites for hydroxylation is 1. The highest BCUT2D eigenvalue weighted by molar-refractivity contribution is 7.11. The van der Waals surface area contributed by atoms with E-state index in [9.17, 15) is 5.26 Å². The topological polar surface area (TPSA) is 96.3 Å². The molecular formula is C18H14N6OS. The van der Waals surface area contributed by atoms with Crippen LogP contribution in [-0.2, 0) is 0 Å². The summed E-state index contributed by atoms with van der Waals surface area (Å²) in [6.45, 7) is 4.01. The van der Waals surface area contributed by atoms with Gasteiger partial charge >= 0.3 is 0 Å². The Morgan fingerprint density at radius 1 is 1.42 bits per heavy atom. The Balaban J connectivity index is 1.73. The molecule has 0 aliphatic heterocycles. The van der Waals surface area contributed by atoms with Crippen LogP contribution >= 0.6 is 11.3 Å². The minimum Gasteiger partial charge on any atom is -0.465 e. The molecule has 0 aliphatic rings. The number of hydrogen-bond acceptors (Lipinski definition) is 6. The summed E-state index contributed by atoms with van der Waals surface area (Å²) in [7, 11) is 0.